The molecule has 3 aromatic rings. The van der Waals surface area contributed by atoms with Crippen LogP contribution in [0.25, 0.3) is 17.1 Å². The van der Waals surface area contributed by atoms with E-state index in [9.17, 15) is 4.79 Å². The maximum absolute atomic E-state index is 12.2. The molecule has 0 unspecified atom stereocenters. The standard InChI is InChI=1S/C23H25N5O2/c29-23-10-8-20(26-28(23)21-6-1-2-13-24-21)17-7-9-22(25-16-17)30-19-11-14-27(15-12-19)18-4-3-5-18/h1-2,6-10,13,16,18-19H,3-5,11-12,14-15H2. The number of rotatable bonds is 5. The summed E-state index contributed by atoms with van der Waals surface area (Å²) in [5.41, 5.74) is 1.26. The van der Waals surface area contributed by atoms with E-state index < -0.39 is 0 Å². The van der Waals surface area contributed by atoms with Crippen LogP contribution in [0.5, 0.6) is 5.88 Å². The first kappa shape index (κ1) is 18.9. The van der Waals surface area contributed by atoms with Gasteiger partial charge in [0.2, 0.25) is 5.88 Å². The Morgan fingerprint density at radius 1 is 0.933 bits per heavy atom. The molecule has 0 radical (unpaired) electrons. The molecule has 1 aliphatic heterocycles. The lowest BCUT2D eigenvalue weighted by atomic mass is 9.90. The van der Waals surface area contributed by atoms with Gasteiger partial charge < -0.3 is 9.64 Å². The predicted molar refractivity (Wildman–Crippen MR) is 114 cm³/mol. The van der Waals surface area contributed by atoms with Crippen LogP contribution in [0.15, 0.2) is 59.7 Å². The highest BCUT2D eigenvalue weighted by Crippen LogP contribution is 2.28. The van der Waals surface area contributed by atoms with E-state index in [0.717, 1.165) is 37.5 Å². The Labute approximate surface area is 175 Å². The van der Waals surface area contributed by atoms with Crippen LogP contribution in [-0.2, 0) is 0 Å². The lowest BCUT2D eigenvalue weighted by Crippen LogP contribution is -2.46. The lowest BCUT2D eigenvalue weighted by Gasteiger charge is -2.41. The first-order chi connectivity index (χ1) is 14.8. The molecular weight excluding hydrogens is 378 g/mol. The molecule has 0 atom stereocenters. The Kier molecular flexibility index (Phi) is 5.27. The molecule has 30 heavy (non-hydrogen) atoms. The SMILES string of the molecule is O=c1ccc(-c2ccc(OC3CCN(C4CCC4)CC3)nc2)nn1-c1ccccn1. The summed E-state index contributed by atoms with van der Waals surface area (Å²) in [5.74, 6) is 1.13. The molecule has 7 nitrogen and oxygen atoms in total. The van der Waals surface area contributed by atoms with E-state index in [1.807, 2.05) is 18.2 Å². The van der Waals surface area contributed by atoms with Gasteiger partial charge in [-0.25, -0.2) is 9.97 Å². The van der Waals surface area contributed by atoms with Gasteiger partial charge in [0.15, 0.2) is 5.82 Å². The van der Waals surface area contributed by atoms with Crippen LogP contribution >= 0.6 is 0 Å². The molecule has 1 saturated carbocycles. The molecule has 3 aromatic heterocycles. The molecule has 4 heterocycles. The minimum absolute atomic E-state index is 0.224. The van der Waals surface area contributed by atoms with Crippen LogP contribution < -0.4 is 10.3 Å². The number of likely N-dealkylation sites (tertiary alicyclic amines) is 1. The van der Waals surface area contributed by atoms with Gasteiger partial charge in [0, 0.05) is 49.2 Å². The van der Waals surface area contributed by atoms with Crippen molar-refractivity contribution >= 4 is 0 Å². The van der Waals surface area contributed by atoms with Gasteiger partial charge in [-0.05, 0) is 49.9 Å². The summed E-state index contributed by atoms with van der Waals surface area (Å²) in [6.07, 6.45) is 9.81. The highest BCUT2D eigenvalue weighted by atomic mass is 16.5. The van der Waals surface area contributed by atoms with Crippen molar-refractivity contribution in [3.63, 3.8) is 0 Å². The Bertz CT molecular complexity index is 1040. The third kappa shape index (κ3) is 3.98. The molecule has 0 N–H and O–H groups in total. The van der Waals surface area contributed by atoms with Crippen LogP contribution in [-0.4, -0.2) is 49.9 Å². The Hall–Kier alpha value is -3.06. The van der Waals surface area contributed by atoms with Crippen molar-refractivity contribution in [1.82, 2.24) is 24.6 Å². The third-order valence-electron chi connectivity index (χ3n) is 6.05. The maximum atomic E-state index is 12.2. The summed E-state index contributed by atoms with van der Waals surface area (Å²) in [4.78, 5) is 23.5. The summed E-state index contributed by atoms with van der Waals surface area (Å²) < 4.78 is 7.42. The van der Waals surface area contributed by atoms with E-state index in [2.05, 4.69) is 20.0 Å². The van der Waals surface area contributed by atoms with Crippen molar-refractivity contribution in [2.75, 3.05) is 13.1 Å². The van der Waals surface area contributed by atoms with Gasteiger partial charge in [-0.1, -0.05) is 12.5 Å². The Balaban J connectivity index is 1.26. The van der Waals surface area contributed by atoms with E-state index in [1.165, 1.54) is 30.0 Å². The van der Waals surface area contributed by atoms with Crippen molar-refractivity contribution in [2.24, 2.45) is 0 Å². The summed E-state index contributed by atoms with van der Waals surface area (Å²) >= 11 is 0. The zero-order valence-electron chi connectivity index (χ0n) is 16.9. The molecule has 154 valence electrons. The number of hydrogen-bond acceptors (Lipinski definition) is 6. The fraction of sp³-hybridized carbons (Fsp3) is 0.391. The minimum Gasteiger partial charge on any atom is -0.474 e. The molecule has 2 fully saturated rings. The summed E-state index contributed by atoms with van der Waals surface area (Å²) in [7, 11) is 0. The largest absolute Gasteiger partial charge is 0.474 e. The van der Waals surface area contributed by atoms with Gasteiger partial charge in [-0.3, -0.25) is 4.79 Å². The lowest BCUT2D eigenvalue weighted by molar-refractivity contribution is 0.0475. The first-order valence-electron chi connectivity index (χ1n) is 10.7. The topological polar surface area (TPSA) is 73.1 Å². The van der Waals surface area contributed by atoms with Crippen molar-refractivity contribution in [3.05, 3.63) is 65.2 Å². The number of hydrogen-bond donors (Lipinski definition) is 0. The quantitative estimate of drug-likeness (QED) is 0.652. The average molecular weight is 403 g/mol. The van der Waals surface area contributed by atoms with Gasteiger partial charge >= 0.3 is 0 Å². The molecule has 1 aliphatic carbocycles. The highest BCUT2D eigenvalue weighted by Gasteiger charge is 2.29. The van der Waals surface area contributed by atoms with E-state index >= 15 is 0 Å². The van der Waals surface area contributed by atoms with Crippen LogP contribution in [0.1, 0.15) is 32.1 Å². The second-order valence-corrected chi connectivity index (χ2v) is 7.98. The Morgan fingerprint density at radius 3 is 2.47 bits per heavy atom. The fourth-order valence-corrected chi connectivity index (χ4v) is 4.09. The smallest absolute Gasteiger partial charge is 0.272 e. The molecule has 0 bridgehead atoms. The number of aromatic nitrogens is 4. The normalized spacial score (nSPS) is 18.1. The van der Waals surface area contributed by atoms with Crippen LogP contribution in [0.4, 0.5) is 0 Å². The van der Waals surface area contributed by atoms with Crippen LogP contribution in [0.2, 0.25) is 0 Å². The molecule has 2 aliphatic rings. The van der Waals surface area contributed by atoms with Crippen molar-refractivity contribution in [1.29, 1.82) is 0 Å². The average Bonchev–Trinajstić information content (AvgIpc) is 2.75. The molecule has 7 heteroatoms. The fourth-order valence-electron chi connectivity index (χ4n) is 4.09. The molecule has 0 amide bonds. The molecule has 0 spiro atoms. The zero-order valence-corrected chi connectivity index (χ0v) is 16.9. The second kappa shape index (κ2) is 8.36. The summed E-state index contributed by atoms with van der Waals surface area (Å²) in [6.45, 7) is 2.23. The molecular formula is C23H25N5O2. The van der Waals surface area contributed by atoms with E-state index in [1.54, 1.807) is 30.6 Å². The van der Waals surface area contributed by atoms with E-state index in [-0.39, 0.29) is 11.7 Å². The summed E-state index contributed by atoms with van der Waals surface area (Å²) in [6, 6.07) is 13.2. The number of ether oxygens (including phenoxy) is 1. The number of piperidine rings is 1. The van der Waals surface area contributed by atoms with Gasteiger partial charge in [-0.2, -0.15) is 9.78 Å². The Morgan fingerprint density at radius 2 is 1.80 bits per heavy atom. The van der Waals surface area contributed by atoms with Gasteiger partial charge in [0.1, 0.15) is 6.10 Å². The van der Waals surface area contributed by atoms with Crippen molar-refractivity contribution in [3.8, 4) is 23.0 Å². The van der Waals surface area contributed by atoms with Crippen molar-refractivity contribution in [2.45, 2.75) is 44.2 Å². The van der Waals surface area contributed by atoms with Gasteiger partial charge in [0.05, 0.1) is 5.69 Å². The highest BCUT2D eigenvalue weighted by molar-refractivity contribution is 5.57. The number of pyridine rings is 2. The van der Waals surface area contributed by atoms with Gasteiger partial charge in [0.25, 0.3) is 5.56 Å². The maximum Gasteiger partial charge on any atom is 0.272 e. The molecule has 5 rings (SSSR count). The molecule has 1 saturated heterocycles. The predicted octanol–water partition coefficient (Wildman–Crippen LogP) is 3.09. The first-order valence-corrected chi connectivity index (χ1v) is 10.7. The van der Waals surface area contributed by atoms with E-state index in [4.69, 9.17) is 4.74 Å². The van der Waals surface area contributed by atoms with Crippen LogP contribution in [0.3, 0.4) is 0 Å². The van der Waals surface area contributed by atoms with Gasteiger partial charge in [-0.15, -0.1) is 0 Å². The van der Waals surface area contributed by atoms with Crippen LogP contribution in [0, 0.1) is 0 Å². The van der Waals surface area contributed by atoms with E-state index in [0.29, 0.717) is 17.4 Å². The third-order valence-corrected chi connectivity index (χ3v) is 6.05. The zero-order chi connectivity index (χ0) is 20.3. The monoisotopic (exact) mass is 403 g/mol. The molecule has 0 aromatic carbocycles. The second-order valence-electron chi connectivity index (χ2n) is 7.98. The number of nitrogens with zero attached hydrogens (tertiary/aromatic N) is 5. The minimum atomic E-state index is -0.224. The van der Waals surface area contributed by atoms with Crippen molar-refractivity contribution < 1.29 is 4.74 Å². The summed E-state index contributed by atoms with van der Waals surface area (Å²) in [5, 5.41) is 4.45.